The van der Waals surface area contributed by atoms with Crippen LogP contribution in [0.2, 0.25) is 0 Å². The van der Waals surface area contributed by atoms with Gasteiger partial charge in [-0.3, -0.25) is 4.79 Å². The molecule has 0 unspecified atom stereocenters. The molecular weight excluding hydrogens is 290 g/mol. The molecule has 0 fully saturated rings. The summed E-state index contributed by atoms with van der Waals surface area (Å²) in [6, 6.07) is 3.62. The molecule has 2 aromatic heterocycles. The van der Waals surface area contributed by atoms with Crippen LogP contribution in [0, 0.1) is 18.8 Å². The summed E-state index contributed by atoms with van der Waals surface area (Å²) in [5.41, 5.74) is 6.33. The van der Waals surface area contributed by atoms with E-state index in [2.05, 4.69) is 22.1 Å². The smallest absolute Gasteiger partial charge is 0.261 e. The highest BCUT2D eigenvalue weighted by molar-refractivity contribution is 7.14. The van der Waals surface area contributed by atoms with E-state index in [1.54, 1.807) is 17.4 Å². The van der Waals surface area contributed by atoms with Crippen molar-refractivity contribution in [3.8, 4) is 11.8 Å². The highest BCUT2D eigenvalue weighted by Gasteiger charge is 2.08. The molecule has 0 aliphatic carbocycles. The monoisotopic (exact) mass is 305 g/mol. The van der Waals surface area contributed by atoms with Crippen LogP contribution in [-0.2, 0) is 6.42 Å². The van der Waals surface area contributed by atoms with Gasteiger partial charge in [0.1, 0.15) is 0 Å². The molecule has 0 aliphatic heterocycles. The number of nitrogens with one attached hydrogen (secondary N) is 1. The van der Waals surface area contributed by atoms with Crippen molar-refractivity contribution in [2.75, 3.05) is 13.1 Å². The maximum absolute atomic E-state index is 11.9. The fraction of sp³-hybridized carbons (Fsp3) is 0.286. The number of aryl methyl sites for hydroxylation is 1. The number of nitrogens with zero attached hydrogens (tertiary/aromatic N) is 1. The Kier molecular flexibility index (Phi) is 5.30. The molecule has 1 amide bonds. The molecule has 6 heteroatoms. The molecule has 104 valence electrons. The maximum atomic E-state index is 11.9. The Morgan fingerprint density at radius 1 is 1.50 bits per heavy atom. The number of rotatable bonds is 4. The summed E-state index contributed by atoms with van der Waals surface area (Å²) in [6.45, 7) is 2.89. The summed E-state index contributed by atoms with van der Waals surface area (Å²) in [7, 11) is 0. The van der Waals surface area contributed by atoms with Crippen molar-refractivity contribution in [3.05, 3.63) is 38.0 Å². The molecule has 0 aromatic carbocycles. The van der Waals surface area contributed by atoms with E-state index in [0.717, 1.165) is 22.0 Å². The van der Waals surface area contributed by atoms with Crippen LogP contribution >= 0.6 is 22.7 Å². The number of carbonyl (C=O) groups excluding carboxylic acids is 1. The van der Waals surface area contributed by atoms with Gasteiger partial charge in [-0.1, -0.05) is 11.8 Å². The zero-order valence-corrected chi connectivity index (χ0v) is 12.7. The van der Waals surface area contributed by atoms with Crippen LogP contribution in [0.5, 0.6) is 0 Å². The van der Waals surface area contributed by atoms with Crippen molar-refractivity contribution >= 4 is 28.6 Å². The van der Waals surface area contributed by atoms with Crippen LogP contribution in [0.15, 0.2) is 17.5 Å². The van der Waals surface area contributed by atoms with Gasteiger partial charge in [0.2, 0.25) is 0 Å². The standard InChI is InChI=1S/C14H15N3OS2/c1-10-17-11(9-19-10)6-8-16-14(18)13-5-4-12(20-13)3-2-7-15/h4-5,9H,6-8,15H2,1H3,(H,16,18). The van der Waals surface area contributed by atoms with Crippen LogP contribution in [0.3, 0.4) is 0 Å². The first-order chi connectivity index (χ1) is 9.69. The molecule has 0 bridgehead atoms. The predicted octanol–water partition coefficient (Wildman–Crippen LogP) is 1.80. The van der Waals surface area contributed by atoms with E-state index in [0.29, 0.717) is 18.0 Å². The fourth-order valence-electron chi connectivity index (χ4n) is 1.58. The third kappa shape index (κ3) is 4.17. The minimum atomic E-state index is -0.0669. The van der Waals surface area contributed by atoms with Crippen molar-refractivity contribution in [2.24, 2.45) is 5.73 Å². The molecule has 0 saturated heterocycles. The number of hydrogen-bond acceptors (Lipinski definition) is 5. The van der Waals surface area contributed by atoms with Crippen molar-refractivity contribution in [1.29, 1.82) is 0 Å². The minimum absolute atomic E-state index is 0.0669. The number of amides is 1. The van der Waals surface area contributed by atoms with Crippen molar-refractivity contribution < 1.29 is 4.79 Å². The molecular formula is C14H15N3OS2. The average molecular weight is 305 g/mol. The third-order valence-electron chi connectivity index (χ3n) is 2.48. The molecule has 20 heavy (non-hydrogen) atoms. The van der Waals surface area contributed by atoms with E-state index in [1.807, 2.05) is 18.4 Å². The molecule has 0 radical (unpaired) electrons. The van der Waals surface area contributed by atoms with Gasteiger partial charge in [0.05, 0.1) is 27.0 Å². The van der Waals surface area contributed by atoms with Crippen LogP contribution in [0.25, 0.3) is 0 Å². The Labute approximate surface area is 126 Å². The van der Waals surface area contributed by atoms with Gasteiger partial charge in [0.15, 0.2) is 0 Å². The summed E-state index contributed by atoms with van der Waals surface area (Å²) in [5.74, 6) is 5.63. The largest absolute Gasteiger partial charge is 0.351 e. The number of thiophene rings is 1. The molecule has 4 nitrogen and oxygen atoms in total. The van der Waals surface area contributed by atoms with Crippen molar-refractivity contribution in [2.45, 2.75) is 13.3 Å². The van der Waals surface area contributed by atoms with E-state index < -0.39 is 0 Å². The molecule has 0 spiro atoms. The zero-order chi connectivity index (χ0) is 14.4. The lowest BCUT2D eigenvalue weighted by atomic mass is 10.3. The zero-order valence-electron chi connectivity index (χ0n) is 11.1. The molecule has 3 N–H and O–H groups in total. The Morgan fingerprint density at radius 2 is 2.35 bits per heavy atom. The molecule has 0 saturated carbocycles. The minimum Gasteiger partial charge on any atom is -0.351 e. The Morgan fingerprint density at radius 3 is 3.05 bits per heavy atom. The molecule has 0 aliphatic rings. The molecule has 2 heterocycles. The van der Waals surface area contributed by atoms with E-state index in [1.165, 1.54) is 11.3 Å². The lowest BCUT2D eigenvalue weighted by Gasteiger charge is -2.01. The van der Waals surface area contributed by atoms with E-state index in [4.69, 9.17) is 5.73 Å². The van der Waals surface area contributed by atoms with Crippen molar-refractivity contribution in [3.63, 3.8) is 0 Å². The number of thiazole rings is 1. The first kappa shape index (κ1) is 14.7. The van der Waals surface area contributed by atoms with Crippen LogP contribution in [0.1, 0.15) is 25.3 Å². The normalized spacial score (nSPS) is 9.90. The second-order valence-corrected chi connectivity index (χ2v) is 6.18. The Hall–Kier alpha value is -1.68. The number of hydrogen-bond donors (Lipinski definition) is 2. The number of carbonyl (C=O) groups is 1. The first-order valence-electron chi connectivity index (χ1n) is 6.17. The summed E-state index contributed by atoms with van der Waals surface area (Å²) in [6.07, 6.45) is 0.751. The quantitative estimate of drug-likeness (QED) is 0.846. The van der Waals surface area contributed by atoms with Gasteiger partial charge in [-0.15, -0.1) is 22.7 Å². The maximum Gasteiger partial charge on any atom is 0.261 e. The summed E-state index contributed by atoms with van der Waals surface area (Å²) in [4.78, 5) is 17.8. The van der Waals surface area contributed by atoms with Gasteiger partial charge in [-0.05, 0) is 19.1 Å². The van der Waals surface area contributed by atoms with Gasteiger partial charge >= 0.3 is 0 Å². The van der Waals surface area contributed by atoms with Crippen LogP contribution in [0.4, 0.5) is 0 Å². The van der Waals surface area contributed by atoms with Gasteiger partial charge < -0.3 is 11.1 Å². The number of nitrogens with two attached hydrogens (primary N) is 1. The Bertz CT molecular complexity index is 649. The van der Waals surface area contributed by atoms with E-state index in [-0.39, 0.29) is 5.91 Å². The van der Waals surface area contributed by atoms with E-state index in [9.17, 15) is 4.79 Å². The second-order valence-electron chi connectivity index (χ2n) is 4.03. The van der Waals surface area contributed by atoms with Crippen LogP contribution < -0.4 is 11.1 Å². The first-order valence-corrected chi connectivity index (χ1v) is 7.86. The molecule has 2 aromatic rings. The van der Waals surface area contributed by atoms with Crippen LogP contribution in [-0.4, -0.2) is 24.0 Å². The van der Waals surface area contributed by atoms with Gasteiger partial charge in [0.25, 0.3) is 5.91 Å². The Balaban J connectivity index is 1.84. The molecule has 0 atom stereocenters. The fourth-order valence-corrected chi connectivity index (χ4v) is 3.02. The second kappa shape index (κ2) is 7.20. The lowest BCUT2D eigenvalue weighted by molar-refractivity contribution is 0.0958. The summed E-state index contributed by atoms with van der Waals surface area (Å²) in [5, 5.41) is 5.96. The summed E-state index contributed by atoms with van der Waals surface area (Å²) < 4.78 is 0. The highest BCUT2D eigenvalue weighted by Crippen LogP contribution is 2.15. The number of aromatic nitrogens is 1. The highest BCUT2D eigenvalue weighted by atomic mass is 32.1. The third-order valence-corrected chi connectivity index (χ3v) is 4.30. The van der Waals surface area contributed by atoms with Crippen molar-refractivity contribution in [1.82, 2.24) is 10.3 Å². The predicted molar refractivity (Wildman–Crippen MR) is 83.1 cm³/mol. The summed E-state index contributed by atoms with van der Waals surface area (Å²) >= 11 is 3.00. The van der Waals surface area contributed by atoms with E-state index >= 15 is 0 Å². The van der Waals surface area contributed by atoms with Gasteiger partial charge in [-0.25, -0.2) is 4.98 Å². The van der Waals surface area contributed by atoms with Gasteiger partial charge in [0, 0.05) is 18.3 Å². The SMILES string of the molecule is Cc1nc(CCNC(=O)c2ccc(C#CCN)s2)cs1. The molecule has 2 rings (SSSR count). The lowest BCUT2D eigenvalue weighted by Crippen LogP contribution is -2.24. The average Bonchev–Trinajstić information content (AvgIpc) is 3.05. The van der Waals surface area contributed by atoms with Gasteiger partial charge in [-0.2, -0.15) is 0 Å². The topological polar surface area (TPSA) is 68.0 Å².